The second-order valence-corrected chi connectivity index (χ2v) is 4.87. The van der Waals surface area contributed by atoms with Gasteiger partial charge in [-0.1, -0.05) is 0 Å². The van der Waals surface area contributed by atoms with Crippen LogP contribution >= 0.6 is 0 Å². The molecule has 0 saturated heterocycles. The summed E-state index contributed by atoms with van der Waals surface area (Å²) in [5, 5.41) is 2.90. The molecule has 0 aromatic heterocycles. The van der Waals surface area contributed by atoms with E-state index in [9.17, 15) is 22.0 Å². The molecule has 0 fully saturated rings. The molecule has 0 aliphatic carbocycles. The van der Waals surface area contributed by atoms with E-state index in [1.54, 1.807) is 6.92 Å². The standard InChI is InChI=1S/C14H18F5N/c1-9-7-13(16)11(8-12(9)15)10(2)20-6-4-3-5-14(17,18)19/h7-8,10,20H,3-6H2,1-2H3. The fourth-order valence-electron chi connectivity index (χ4n) is 1.87. The molecule has 6 heteroatoms. The van der Waals surface area contributed by atoms with Gasteiger partial charge in [0, 0.05) is 18.0 Å². The Hall–Kier alpha value is -1.17. The Bertz CT molecular complexity index is 442. The summed E-state index contributed by atoms with van der Waals surface area (Å²) in [5.41, 5.74) is 0.410. The fraction of sp³-hybridized carbons (Fsp3) is 0.571. The fourth-order valence-corrected chi connectivity index (χ4v) is 1.87. The summed E-state index contributed by atoms with van der Waals surface area (Å²) in [6.45, 7) is 3.44. The molecule has 0 saturated carbocycles. The zero-order chi connectivity index (χ0) is 15.3. The van der Waals surface area contributed by atoms with Gasteiger partial charge < -0.3 is 5.32 Å². The number of nitrogens with one attached hydrogen (secondary N) is 1. The van der Waals surface area contributed by atoms with Crippen LogP contribution in [-0.2, 0) is 0 Å². The number of hydrogen-bond acceptors (Lipinski definition) is 1. The summed E-state index contributed by atoms with van der Waals surface area (Å²) in [4.78, 5) is 0. The Morgan fingerprint density at radius 1 is 1.10 bits per heavy atom. The van der Waals surface area contributed by atoms with Crippen LogP contribution in [0.1, 0.15) is 43.4 Å². The van der Waals surface area contributed by atoms with Crippen molar-refractivity contribution in [3.05, 3.63) is 34.9 Å². The van der Waals surface area contributed by atoms with Crippen molar-refractivity contribution in [3.63, 3.8) is 0 Å². The van der Waals surface area contributed by atoms with Crippen molar-refractivity contribution in [1.82, 2.24) is 5.32 Å². The van der Waals surface area contributed by atoms with E-state index in [2.05, 4.69) is 5.32 Å². The first kappa shape index (κ1) is 16.9. The second kappa shape index (κ2) is 7.02. The number of unbranched alkanes of at least 4 members (excludes halogenated alkanes) is 1. The van der Waals surface area contributed by atoms with Crippen molar-refractivity contribution in [2.24, 2.45) is 0 Å². The van der Waals surface area contributed by atoms with E-state index < -0.39 is 30.3 Å². The van der Waals surface area contributed by atoms with Crippen molar-refractivity contribution in [2.75, 3.05) is 6.54 Å². The van der Waals surface area contributed by atoms with Gasteiger partial charge in [0.05, 0.1) is 0 Å². The quantitative estimate of drug-likeness (QED) is 0.594. The maximum absolute atomic E-state index is 13.7. The zero-order valence-electron chi connectivity index (χ0n) is 11.5. The Kier molecular flexibility index (Phi) is 5.92. The molecular weight excluding hydrogens is 277 g/mol. The lowest BCUT2D eigenvalue weighted by atomic mass is 10.0. The number of aryl methyl sites for hydroxylation is 1. The summed E-state index contributed by atoms with van der Waals surface area (Å²) in [7, 11) is 0. The Balaban J connectivity index is 2.44. The van der Waals surface area contributed by atoms with Crippen molar-refractivity contribution in [1.29, 1.82) is 0 Å². The van der Waals surface area contributed by atoms with Crippen LogP contribution in [0.5, 0.6) is 0 Å². The third-order valence-corrected chi connectivity index (χ3v) is 3.08. The first-order chi connectivity index (χ1) is 9.20. The molecule has 0 aliphatic rings. The van der Waals surface area contributed by atoms with Crippen LogP contribution < -0.4 is 5.32 Å². The summed E-state index contributed by atoms with van der Waals surface area (Å²) in [6.07, 6.45) is -4.61. The highest BCUT2D eigenvalue weighted by Crippen LogP contribution is 2.23. The monoisotopic (exact) mass is 295 g/mol. The molecule has 0 bridgehead atoms. The molecule has 0 spiro atoms. The van der Waals surface area contributed by atoms with Crippen molar-refractivity contribution in [3.8, 4) is 0 Å². The third-order valence-electron chi connectivity index (χ3n) is 3.08. The van der Waals surface area contributed by atoms with E-state index in [-0.39, 0.29) is 17.5 Å². The van der Waals surface area contributed by atoms with Crippen LogP contribution in [0.2, 0.25) is 0 Å². The number of rotatable bonds is 6. The summed E-state index contributed by atoms with van der Waals surface area (Å²) in [6, 6.07) is 1.79. The van der Waals surface area contributed by atoms with E-state index in [0.717, 1.165) is 12.1 Å². The second-order valence-electron chi connectivity index (χ2n) is 4.87. The molecule has 0 amide bonds. The topological polar surface area (TPSA) is 12.0 Å². The van der Waals surface area contributed by atoms with Crippen LogP contribution in [0, 0.1) is 18.6 Å². The predicted octanol–water partition coefficient (Wildman–Crippen LogP) is 4.66. The van der Waals surface area contributed by atoms with Gasteiger partial charge in [-0.05, 0) is 50.9 Å². The van der Waals surface area contributed by atoms with Crippen molar-refractivity contribution < 1.29 is 22.0 Å². The number of halogens is 5. The van der Waals surface area contributed by atoms with Crippen LogP contribution in [0.4, 0.5) is 22.0 Å². The van der Waals surface area contributed by atoms with E-state index in [4.69, 9.17) is 0 Å². The van der Waals surface area contributed by atoms with Gasteiger partial charge >= 0.3 is 6.18 Å². The third kappa shape index (κ3) is 5.45. The molecule has 1 rings (SSSR count). The molecule has 0 heterocycles. The van der Waals surface area contributed by atoms with Gasteiger partial charge in [-0.25, -0.2) is 8.78 Å². The van der Waals surface area contributed by atoms with Crippen LogP contribution in [0.3, 0.4) is 0 Å². The highest BCUT2D eigenvalue weighted by atomic mass is 19.4. The van der Waals surface area contributed by atoms with Crippen LogP contribution in [0.15, 0.2) is 12.1 Å². The maximum Gasteiger partial charge on any atom is 0.389 e. The van der Waals surface area contributed by atoms with Gasteiger partial charge in [-0.3, -0.25) is 0 Å². The highest BCUT2D eigenvalue weighted by Gasteiger charge is 2.25. The van der Waals surface area contributed by atoms with E-state index in [0.29, 0.717) is 13.0 Å². The largest absolute Gasteiger partial charge is 0.389 e. The van der Waals surface area contributed by atoms with Crippen LogP contribution in [0.25, 0.3) is 0 Å². The molecular formula is C14H18F5N. The minimum atomic E-state index is -4.14. The smallest absolute Gasteiger partial charge is 0.310 e. The zero-order valence-corrected chi connectivity index (χ0v) is 11.5. The summed E-state index contributed by atoms with van der Waals surface area (Å²) < 4.78 is 62.8. The predicted molar refractivity (Wildman–Crippen MR) is 67.4 cm³/mol. The minimum absolute atomic E-state index is 0.0218. The molecule has 1 atom stereocenters. The molecule has 114 valence electrons. The molecule has 20 heavy (non-hydrogen) atoms. The number of hydrogen-bond donors (Lipinski definition) is 1. The maximum atomic E-state index is 13.7. The molecule has 1 unspecified atom stereocenters. The molecule has 0 aliphatic heterocycles. The molecule has 1 aromatic rings. The number of benzene rings is 1. The lowest BCUT2D eigenvalue weighted by Gasteiger charge is -2.16. The molecule has 1 aromatic carbocycles. The molecule has 0 radical (unpaired) electrons. The van der Waals surface area contributed by atoms with Crippen molar-refractivity contribution >= 4 is 0 Å². The van der Waals surface area contributed by atoms with Gasteiger partial charge in [0.1, 0.15) is 11.6 Å². The number of alkyl halides is 3. The molecule has 1 nitrogen and oxygen atoms in total. The summed E-state index contributed by atoms with van der Waals surface area (Å²) >= 11 is 0. The Morgan fingerprint density at radius 2 is 1.75 bits per heavy atom. The van der Waals surface area contributed by atoms with E-state index in [1.807, 2.05) is 0 Å². The molecule has 1 N–H and O–H groups in total. The van der Waals surface area contributed by atoms with E-state index in [1.165, 1.54) is 6.92 Å². The highest BCUT2D eigenvalue weighted by molar-refractivity contribution is 5.27. The van der Waals surface area contributed by atoms with Crippen molar-refractivity contribution in [2.45, 2.75) is 45.3 Å². The first-order valence-electron chi connectivity index (χ1n) is 6.46. The SMILES string of the molecule is Cc1cc(F)c(C(C)NCCCCC(F)(F)F)cc1F. The van der Waals surface area contributed by atoms with Gasteiger partial charge in [0.25, 0.3) is 0 Å². The van der Waals surface area contributed by atoms with Gasteiger partial charge in [0.15, 0.2) is 0 Å². The lowest BCUT2D eigenvalue weighted by molar-refractivity contribution is -0.135. The summed E-state index contributed by atoms with van der Waals surface area (Å²) in [5.74, 6) is -1.01. The van der Waals surface area contributed by atoms with Gasteiger partial charge in [-0.15, -0.1) is 0 Å². The first-order valence-corrected chi connectivity index (χ1v) is 6.46. The average Bonchev–Trinajstić information content (AvgIpc) is 2.31. The van der Waals surface area contributed by atoms with Gasteiger partial charge in [-0.2, -0.15) is 13.2 Å². The Morgan fingerprint density at radius 3 is 2.35 bits per heavy atom. The van der Waals surface area contributed by atoms with Crippen LogP contribution in [-0.4, -0.2) is 12.7 Å². The normalized spacial score (nSPS) is 13.6. The van der Waals surface area contributed by atoms with Gasteiger partial charge in [0.2, 0.25) is 0 Å². The van der Waals surface area contributed by atoms with E-state index >= 15 is 0 Å². The Labute approximate surface area is 115 Å². The minimum Gasteiger partial charge on any atom is -0.310 e. The lowest BCUT2D eigenvalue weighted by Crippen LogP contribution is -2.21. The average molecular weight is 295 g/mol.